The molecule has 1 saturated heterocycles. The van der Waals surface area contributed by atoms with Gasteiger partial charge in [-0.2, -0.15) is 0 Å². The third-order valence-electron chi connectivity index (χ3n) is 10.9. The molecule has 0 spiro atoms. The highest BCUT2D eigenvalue weighted by Gasteiger charge is 2.54. The standard InChI is InChI=1S/C49H80O17P2/c1-3-5-7-9-11-13-15-17-18-19-20-21-23-25-27-29-31-35-42(50)61-37-39(38-62-68(59,60)66-49-46(54)44(52)45(53)48(47(49)55)65-67(56,57)58)63-43(51)36-32-34-41-40(64-41)33-30-28-26-24-22-16-14-12-10-8-6-4-2/h11-14,17-18,20-22,24-25,27-28,30,39-41,44-49,52-55H,3-10,15-16,19,23,26,29,31-38H2,1-2H3,(H,59,60)(H2,56,57,58)/b13-11-,14-12-,18-17-,21-20-,24-22-,27-25-,30-28-/t39-,40?,41?,44?,45?,46?,47?,48-,49+/m1/s1. The number of epoxide rings is 1. The largest absolute Gasteiger partial charge is 0.472 e. The van der Waals surface area contributed by atoms with Crippen LogP contribution in [0.1, 0.15) is 142 Å². The molecule has 1 aliphatic heterocycles. The second-order valence-electron chi connectivity index (χ2n) is 16.9. The lowest BCUT2D eigenvalue weighted by molar-refractivity contribution is -0.216. The van der Waals surface area contributed by atoms with Crippen molar-refractivity contribution in [3.63, 3.8) is 0 Å². The van der Waals surface area contributed by atoms with Crippen molar-refractivity contribution in [2.75, 3.05) is 13.2 Å². The lowest BCUT2D eigenvalue weighted by Crippen LogP contribution is -2.64. The van der Waals surface area contributed by atoms with Crippen molar-refractivity contribution in [3.05, 3.63) is 85.1 Å². The number of ether oxygens (including phenoxy) is 3. The second kappa shape index (κ2) is 36.1. The van der Waals surface area contributed by atoms with Gasteiger partial charge in [0.1, 0.15) is 43.2 Å². The number of aliphatic hydroxyl groups is 4. The first-order valence-electron chi connectivity index (χ1n) is 24.3. The van der Waals surface area contributed by atoms with Crippen molar-refractivity contribution in [3.8, 4) is 0 Å². The number of rotatable bonds is 38. The summed E-state index contributed by atoms with van der Waals surface area (Å²) in [5.74, 6) is -1.36. The predicted molar refractivity (Wildman–Crippen MR) is 259 cm³/mol. The Kier molecular flexibility index (Phi) is 32.5. The number of carbonyl (C=O) groups excluding carboxylic acids is 2. The molecule has 7 N–H and O–H groups in total. The average molecular weight is 1000 g/mol. The van der Waals surface area contributed by atoms with Crippen molar-refractivity contribution in [1.29, 1.82) is 0 Å². The zero-order valence-electron chi connectivity index (χ0n) is 39.9. The van der Waals surface area contributed by atoms with E-state index in [1.165, 1.54) is 38.5 Å². The molecule has 2 fully saturated rings. The number of phosphoric ester groups is 2. The highest BCUT2D eigenvalue weighted by atomic mass is 31.2. The number of hydrogen-bond acceptors (Lipinski definition) is 14. The normalized spacial score (nSPS) is 25.0. The average Bonchev–Trinajstić information content (AvgIpc) is 4.05. The first-order valence-corrected chi connectivity index (χ1v) is 27.3. The number of aliphatic hydroxyl groups excluding tert-OH is 4. The maximum absolute atomic E-state index is 13.0. The maximum Gasteiger partial charge on any atom is 0.472 e. The third-order valence-corrected chi connectivity index (χ3v) is 12.4. The summed E-state index contributed by atoms with van der Waals surface area (Å²) in [6.45, 7) is 2.93. The molecule has 0 radical (unpaired) electrons. The van der Waals surface area contributed by atoms with Crippen LogP contribution in [0, 0.1) is 0 Å². The van der Waals surface area contributed by atoms with E-state index in [1.807, 2.05) is 12.2 Å². The van der Waals surface area contributed by atoms with Crippen molar-refractivity contribution >= 4 is 27.6 Å². The molecule has 68 heavy (non-hydrogen) atoms. The fraction of sp³-hybridized carbons (Fsp3) is 0.673. The van der Waals surface area contributed by atoms with Crippen molar-refractivity contribution < 1.29 is 81.6 Å². The van der Waals surface area contributed by atoms with E-state index in [-0.39, 0.29) is 25.0 Å². The van der Waals surface area contributed by atoms with Gasteiger partial charge >= 0.3 is 27.6 Å². The molecule has 2 aliphatic rings. The number of hydrogen-bond donors (Lipinski definition) is 7. The summed E-state index contributed by atoms with van der Waals surface area (Å²) >= 11 is 0. The van der Waals surface area contributed by atoms with Gasteiger partial charge in [-0.05, 0) is 89.9 Å². The van der Waals surface area contributed by atoms with E-state index in [9.17, 15) is 53.8 Å². The Balaban J connectivity index is 1.85. The minimum Gasteiger partial charge on any atom is -0.462 e. The van der Waals surface area contributed by atoms with Crippen LogP contribution < -0.4 is 0 Å². The SMILES string of the molecule is CCCCC/C=C\C/C=C\C/C=C\C/C=C\CCCC(=O)OC[C@H](COP(=O)(O)O[C@H]1C(O)C(O)C(O)[C@@H](OP(=O)(O)O)C1O)OC(=O)CCCC1OC1C/C=C\C/C=C\C/C=C\CCCCC. The minimum atomic E-state index is -5.38. The Hall–Kier alpha value is -2.86. The van der Waals surface area contributed by atoms with Gasteiger partial charge in [-0.25, -0.2) is 9.13 Å². The van der Waals surface area contributed by atoms with E-state index >= 15 is 0 Å². The Labute approximate surface area is 403 Å². The van der Waals surface area contributed by atoms with E-state index in [1.54, 1.807) is 0 Å². The molecule has 1 heterocycles. The van der Waals surface area contributed by atoms with Gasteiger partial charge in [0.05, 0.1) is 18.8 Å². The number of unbranched alkanes of at least 4 members (excludes halogenated alkanes) is 7. The monoisotopic (exact) mass is 1000 g/mol. The Morgan fingerprint density at radius 1 is 0.544 bits per heavy atom. The predicted octanol–water partition coefficient (Wildman–Crippen LogP) is 8.38. The first kappa shape index (κ1) is 61.3. The molecule has 0 bridgehead atoms. The Morgan fingerprint density at radius 2 is 1.01 bits per heavy atom. The summed E-state index contributed by atoms with van der Waals surface area (Å²) in [7, 11) is -10.7. The van der Waals surface area contributed by atoms with Crippen LogP contribution in [0.2, 0.25) is 0 Å². The highest BCUT2D eigenvalue weighted by Crippen LogP contribution is 2.49. The molecular weight excluding hydrogens is 922 g/mol. The number of carbonyl (C=O) groups is 2. The molecule has 17 nitrogen and oxygen atoms in total. The molecule has 0 amide bonds. The molecule has 2 rings (SSSR count). The van der Waals surface area contributed by atoms with Crippen LogP contribution in [-0.2, 0) is 46.5 Å². The molecule has 0 aromatic heterocycles. The van der Waals surface area contributed by atoms with Gasteiger partial charge in [-0.3, -0.25) is 23.2 Å². The van der Waals surface area contributed by atoms with Crippen LogP contribution >= 0.6 is 15.6 Å². The van der Waals surface area contributed by atoms with E-state index < -0.39 is 83.5 Å². The van der Waals surface area contributed by atoms with Crippen LogP contribution in [0.3, 0.4) is 0 Å². The van der Waals surface area contributed by atoms with Crippen molar-refractivity contribution in [2.45, 2.75) is 197 Å². The molecule has 19 heteroatoms. The molecule has 1 aliphatic carbocycles. The van der Waals surface area contributed by atoms with E-state index in [0.29, 0.717) is 25.7 Å². The van der Waals surface area contributed by atoms with E-state index in [4.69, 9.17) is 23.3 Å². The van der Waals surface area contributed by atoms with E-state index in [0.717, 1.165) is 51.4 Å². The summed E-state index contributed by atoms with van der Waals surface area (Å²) in [6, 6.07) is 0. The van der Waals surface area contributed by atoms with Crippen LogP contribution in [-0.4, -0.2) is 115 Å². The number of phosphoric acid groups is 2. The molecule has 0 aromatic carbocycles. The maximum atomic E-state index is 13.0. The minimum absolute atomic E-state index is 0.0219. The van der Waals surface area contributed by atoms with Gasteiger partial charge in [0.15, 0.2) is 6.10 Å². The quantitative estimate of drug-likeness (QED) is 0.0101. The molecule has 0 aromatic rings. The molecule has 388 valence electrons. The van der Waals surface area contributed by atoms with Crippen LogP contribution in [0.5, 0.6) is 0 Å². The Bertz CT molecular complexity index is 1700. The van der Waals surface area contributed by atoms with Crippen LogP contribution in [0.15, 0.2) is 85.1 Å². The van der Waals surface area contributed by atoms with Gasteiger partial charge in [-0.15, -0.1) is 0 Å². The lowest BCUT2D eigenvalue weighted by Gasteiger charge is -2.43. The fourth-order valence-electron chi connectivity index (χ4n) is 6.99. The summed E-state index contributed by atoms with van der Waals surface area (Å²) in [5, 5.41) is 41.3. The van der Waals surface area contributed by atoms with Crippen LogP contribution in [0.25, 0.3) is 0 Å². The van der Waals surface area contributed by atoms with Gasteiger partial charge in [0.2, 0.25) is 0 Å². The second-order valence-corrected chi connectivity index (χ2v) is 19.5. The van der Waals surface area contributed by atoms with Crippen LogP contribution in [0.4, 0.5) is 0 Å². The fourth-order valence-corrected chi connectivity index (χ4v) is 8.52. The number of allylic oxidation sites excluding steroid dienone is 13. The molecular formula is C49H80O17P2. The van der Waals surface area contributed by atoms with Gasteiger partial charge in [0, 0.05) is 12.8 Å². The molecule has 10 atom stereocenters. The summed E-state index contributed by atoms with van der Waals surface area (Å²) < 4.78 is 55.1. The van der Waals surface area contributed by atoms with Gasteiger partial charge in [0.25, 0.3) is 0 Å². The van der Waals surface area contributed by atoms with Crippen molar-refractivity contribution in [1.82, 2.24) is 0 Å². The van der Waals surface area contributed by atoms with Gasteiger partial charge < -0.3 is 49.3 Å². The smallest absolute Gasteiger partial charge is 0.462 e. The third kappa shape index (κ3) is 29.4. The van der Waals surface area contributed by atoms with Crippen molar-refractivity contribution in [2.24, 2.45) is 0 Å². The summed E-state index contributed by atoms with van der Waals surface area (Å²) in [6.07, 6.45) is 31.3. The summed E-state index contributed by atoms with van der Waals surface area (Å²) in [4.78, 5) is 54.4. The number of esters is 2. The Morgan fingerprint density at radius 3 is 1.53 bits per heavy atom. The zero-order chi connectivity index (χ0) is 50.0. The first-order chi connectivity index (χ1) is 32.6. The molecule has 7 unspecified atom stereocenters. The highest BCUT2D eigenvalue weighted by molar-refractivity contribution is 7.47. The zero-order valence-corrected chi connectivity index (χ0v) is 41.7. The van der Waals surface area contributed by atoms with Gasteiger partial charge in [-0.1, -0.05) is 125 Å². The lowest BCUT2D eigenvalue weighted by atomic mass is 9.85. The molecule has 1 saturated carbocycles. The summed E-state index contributed by atoms with van der Waals surface area (Å²) in [5.41, 5.74) is 0. The topological polar surface area (TPSA) is 269 Å². The van der Waals surface area contributed by atoms with E-state index in [2.05, 4.69) is 91.3 Å².